The summed E-state index contributed by atoms with van der Waals surface area (Å²) in [6.07, 6.45) is 0. The van der Waals surface area contributed by atoms with Crippen LogP contribution in [0.5, 0.6) is 0 Å². The van der Waals surface area contributed by atoms with E-state index in [-0.39, 0.29) is 10.8 Å². The molecule has 0 N–H and O–H groups in total. The molecule has 11 aromatic carbocycles. The SMILES string of the molecule is Cc1ccc(N(c2ccc(C(C)(C)C)cc2)c2ccc3c4cc5c(cc4n4c6ccccc6c2c34)c2ccc(N(c3ccc(C(C)(C)C)cc3)c3ccc(C)cc3-c3ccccc3)c3c4ccccc4n5c23)c(-c2ccccc2)c1. The van der Waals surface area contributed by atoms with Gasteiger partial charge in [0.15, 0.2) is 0 Å². The zero-order chi connectivity index (χ0) is 54.3. The van der Waals surface area contributed by atoms with Gasteiger partial charge in [-0.2, -0.15) is 0 Å². The van der Waals surface area contributed by atoms with Gasteiger partial charge in [0.2, 0.25) is 0 Å². The van der Waals surface area contributed by atoms with Crippen molar-refractivity contribution in [2.75, 3.05) is 9.80 Å². The first-order valence-electron chi connectivity index (χ1n) is 28.3. The van der Waals surface area contributed by atoms with Crippen LogP contribution >= 0.6 is 0 Å². The molecule has 0 aliphatic heterocycles. The second kappa shape index (κ2) is 17.6. The smallest absolute Gasteiger partial charge is 0.0641 e. The lowest BCUT2D eigenvalue weighted by Gasteiger charge is -2.30. The molecule has 386 valence electrons. The van der Waals surface area contributed by atoms with Gasteiger partial charge in [-0.05, 0) is 132 Å². The number of hydrogen-bond donors (Lipinski definition) is 0. The van der Waals surface area contributed by atoms with E-state index in [0.717, 1.165) is 34.1 Å². The molecule has 4 heteroatoms. The Bertz CT molecular complexity index is 4580. The molecule has 0 atom stereocenters. The number of rotatable bonds is 8. The van der Waals surface area contributed by atoms with Crippen molar-refractivity contribution in [3.05, 3.63) is 253 Å². The molecule has 4 nitrogen and oxygen atoms in total. The van der Waals surface area contributed by atoms with E-state index in [1.165, 1.54) is 121 Å². The molecule has 0 saturated heterocycles. The third kappa shape index (κ3) is 7.21. The quantitative estimate of drug-likeness (QED) is 0.151. The van der Waals surface area contributed by atoms with Gasteiger partial charge in [-0.3, -0.25) is 0 Å². The topological polar surface area (TPSA) is 15.3 Å². The van der Waals surface area contributed by atoms with E-state index in [1.54, 1.807) is 0 Å². The summed E-state index contributed by atoms with van der Waals surface area (Å²) in [5.74, 6) is 0. The Kier molecular flexibility index (Phi) is 10.5. The Hall–Kier alpha value is -9.38. The number of fused-ring (bicyclic) bond motifs is 12. The lowest BCUT2D eigenvalue weighted by atomic mass is 9.87. The van der Waals surface area contributed by atoms with E-state index < -0.39 is 0 Å². The van der Waals surface area contributed by atoms with Gasteiger partial charge in [0.1, 0.15) is 0 Å². The molecule has 4 aromatic heterocycles. The van der Waals surface area contributed by atoms with Crippen LogP contribution in [-0.4, -0.2) is 8.80 Å². The Morgan fingerprint density at radius 3 is 1.05 bits per heavy atom. The lowest BCUT2D eigenvalue weighted by Crippen LogP contribution is -2.14. The normalized spacial score (nSPS) is 12.5. The van der Waals surface area contributed by atoms with Crippen LogP contribution in [0, 0.1) is 13.8 Å². The van der Waals surface area contributed by atoms with Crippen molar-refractivity contribution < 1.29 is 0 Å². The molecule has 15 aromatic rings. The Labute approximate surface area is 467 Å². The summed E-state index contributed by atoms with van der Waals surface area (Å²) in [5.41, 5.74) is 24.1. The average Bonchev–Trinajstić information content (AvgIpc) is 2.91. The summed E-state index contributed by atoms with van der Waals surface area (Å²) < 4.78 is 5.13. The zero-order valence-electron chi connectivity index (χ0n) is 46.7. The first kappa shape index (κ1) is 47.8. The minimum absolute atomic E-state index is 0.0182. The first-order valence-corrected chi connectivity index (χ1v) is 28.3. The Morgan fingerprint density at radius 2 is 0.662 bits per heavy atom. The fraction of sp³-hybridized carbons (Fsp3) is 0.132. The Morgan fingerprint density at radius 1 is 0.300 bits per heavy atom. The van der Waals surface area contributed by atoms with Gasteiger partial charge in [-0.15, -0.1) is 0 Å². The highest BCUT2D eigenvalue weighted by molar-refractivity contribution is 6.32. The van der Waals surface area contributed by atoms with Crippen LogP contribution < -0.4 is 9.80 Å². The monoisotopic (exact) mass is 1030 g/mol. The molecule has 0 amide bonds. The molecule has 0 saturated carbocycles. The zero-order valence-corrected chi connectivity index (χ0v) is 46.7. The number of para-hydroxylation sites is 2. The van der Waals surface area contributed by atoms with Crippen LogP contribution in [0.2, 0.25) is 0 Å². The van der Waals surface area contributed by atoms with E-state index in [2.05, 4.69) is 305 Å². The van der Waals surface area contributed by atoms with E-state index >= 15 is 0 Å². The van der Waals surface area contributed by atoms with Crippen LogP contribution in [0.3, 0.4) is 0 Å². The fourth-order valence-electron chi connectivity index (χ4n) is 13.3. The maximum Gasteiger partial charge on any atom is 0.0641 e. The number of benzene rings is 11. The highest BCUT2D eigenvalue weighted by atomic mass is 15.2. The third-order valence-corrected chi connectivity index (χ3v) is 17.2. The molecular formula is C76H62N4. The number of aromatic nitrogens is 2. The van der Waals surface area contributed by atoms with Crippen molar-refractivity contribution in [2.24, 2.45) is 0 Å². The average molecular weight is 1030 g/mol. The second-order valence-corrected chi connectivity index (χ2v) is 24.3. The lowest BCUT2D eigenvalue weighted by molar-refractivity contribution is 0.590. The highest BCUT2D eigenvalue weighted by Crippen LogP contribution is 2.53. The largest absolute Gasteiger partial charge is 0.309 e. The summed E-state index contributed by atoms with van der Waals surface area (Å²) in [5, 5.41) is 9.94. The molecule has 0 aliphatic rings. The van der Waals surface area contributed by atoms with Gasteiger partial charge in [0, 0.05) is 65.6 Å². The molecule has 0 fully saturated rings. The van der Waals surface area contributed by atoms with Gasteiger partial charge in [-0.1, -0.05) is 198 Å². The second-order valence-electron chi connectivity index (χ2n) is 24.3. The van der Waals surface area contributed by atoms with E-state index in [0.29, 0.717) is 0 Å². The van der Waals surface area contributed by atoms with Crippen LogP contribution in [0.4, 0.5) is 34.1 Å². The molecule has 15 rings (SSSR count). The molecule has 4 heterocycles. The fourth-order valence-corrected chi connectivity index (χ4v) is 13.3. The summed E-state index contributed by atoms with van der Waals surface area (Å²) in [4.78, 5) is 5.04. The maximum atomic E-state index is 2.57. The first-order chi connectivity index (χ1) is 38.8. The summed E-state index contributed by atoms with van der Waals surface area (Å²) in [6, 6.07) is 86.9. The molecule has 0 spiro atoms. The van der Waals surface area contributed by atoms with Crippen molar-refractivity contribution in [1.82, 2.24) is 8.80 Å². The molecule has 0 bridgehead atoms. The van der Waals surface area contributed by atoms with Gasteiger partial charge in [0.25, 0.3) is 0 Å². The third-order valence-electron chi connectivity index (χ3n) is 17.2. The summed E-state index contributed by atoms with van der Waals surface area (Å²) in [7, 11) is 0. The van der Waals surface area contributed by atoms with Crippen molar-refractivity contribution in [3.63, 3.8) is 0 Å². The predicted octanol–water partition coefficient (Wildman–Crippen LogP) is 21.5. The van der Waals surface area contributed by atoms with E-state index in [9.17, 15) is 0 Å². The molecule has 0 radical (unpaired) electrons. The van der Waals surface area contributed by atoms with Crippen LogP contribution in [0.25, 0.3) is 98.4 Å². The molecule has 0 aliphatic carbocycles. The number of hydrogen-bond acceptors (Lipinski definition) is 2. The highest BCUT2D eigenvalue weighted by Gasteiger charge is 2.30. The van der Waals surface area contributed by atoms with Crippen molar-refractivity contribution >= 4 is 110 Å². The van der Waals surface area contributed by atoms with Crippen molar-refractivity contribution in [2.45, 2.75) is 66.2 Å². The van der Waals surface area contributed by atoms with Gasteiger partial charge >= 0.3 is 0 Å². The Balaban J connectivity index is 1.00. The number of nitrogens with zero attached hydrogens (tertiary/aromatic N) is 4. The van der Waals surface area contributed by atoms with Crippen molar-refractivity contribution in [1.29, 1.82) is 0 Å². The number of anilines is 6. The van der Waals surface area contributed by atoms with Gasteiger partial charge < -0.3 is 18.6 Å². The van der Waals surface area contributed by atoms with Gasteiger partial charge in [-0.25, -0.2) is 0 Å². The maximum absolute atomic E-state index is 2.57. The predicted molar refractivity (Wildman–Crippen MR) is 343 cm³/mol. The van der Waals surface area contributed by atoms with Crippen LogP contribution in [0.1, 0.15) is 63.8 Å². The van der Waals surface area contributed by atoms with Crippen LogP contribution in [0.15, 0.2) is 231 Å². The summed E-state index contributed by atoms with van der Waals surface area (Å²) in [6.45, 7) is 18.1. The molecule has 80 heavy (non-hydrogen) atoms. The minimum Gasteiger partial charge on any atom is -0.309 e. The molecule has 0 unspecified atom stereocenters. The van der Waals surface area contributed by atoms with Crippen molar-refractivity contribution in [3.8, 4) is 22.3 Å². The van der Waals surface area contributed by atoms with E-state index in [4.69, 9.17) is 0 Å². The standard InChI is InChI=1S/C76H62N4/c1-47-27-39-65(59(43-47)49-19-11-9-12-20-49)77(53-33-29-51(30-34-53)75(3,4)5)67-41-37-55-61-45-70-62(46-69(61)79-63-25-17-15-23-57(63)71(67)73(55)79)56-38-42-68(72-58-24-16-18-26-64(58)80(70)74(56)72)78(54-35-31-52(32-36-54)76(6,7)8)66-40-28-48(2)44-60(66)50-21-13-10-14-22-50/h9-46H,1-8H3. The number of aryl methyl sites for hydroxylation is 2. The summed E-state index contributed by atoms with van der Waals surface area (Å²) >= 11 is 0. The van der Waals surface area contributed by atoms with E-state index in [1.807, 2.05) is 0 Å². The minimum atomic E-state index is 0.0182. The van der Waals surface area contributed by atoms with Gasteiger partial charge in [0.05, 0.1) is 55.8 Å². The molecular weight excluding hydrogens is 969 g/mol. The van der Waals surface area contributed by atoms with Crippen LogP contribution in [-0.2, 0) is 10.8 Å².